The number of rotatable bonds is 8. The Morgan fingerprint density at radius 2 is 2.06 bits per heavy atom. The third-order valence-corrected chi connectivity index (χ3v) is 7.22. The second-order valence-electron chi connectivity index (χ2n) is 9.56. The van der Waals surface area contributed by atoms with E-state index in [9.17, 15) is 4.79 Å². The van der Waals surface area contributed by atoms with E-state index in [1.165, 1.54) is 0 Å². The topological polar surface area (TPSA) is 91.4 Å². The molecule has 36 heavy (non-hydrogen) atoms. The zero-order valence-corrected chi connectivity index (χ0v) is 20.6. The number of likely N-dealkylation sites (tertiary alicyclic amines) is 1. The van der Waals surface area contributed by atoms with Crippen molar-refractivity contribution in [1.29, 1.82) is 0 Å². The molecule has 8 nitrogen and oxygen atoms in total. The van der Waals surface area contributed by atoms with Gasteiger partial charge in [-0.15, -0.1) is 6.42 Å². The van der Waals surface area contributed by atoms with Gasteiger partial charge >= 0.3 is 0 Å². The Morgan fingerprint density at radius 1 is 1.19 bits per heavy atom. The fourth-order valence-corrected chi connectivity index (χ4v) is 5.14. The van der Waals surface area contributed by atoms with Crippen LogP contribution in [-0.4, -0.2) is 59.6 Å². The number of terminal acetylenes is 1. The summed E-state index contributed by atoms with van der Waals surface area (Å²) in [6.45, 7) is 3.63. The Bertz CT molecular complexity index is 1290. The largest absolute Gasteiger partial charge is 0.491 e. The van der Waals surface area contributed by atoms with Gasteiger partial charge in [-0.2, -0.15) is 0 Å². The summed E-state index contributed by atoms with van der Waals surface area (Å²) in [6, 6.07) is 11.6. The molecule has 2 aromatic carbocycles. The molecule has 0 aliphatic carbocycles. The minimum absolute atomic E-state index is 0.0484. The van der Waals surface area contributed by atoms with Crippen molar-refractivity contribution in [2.45, 2.75) is 37.6 Å². The number of ether oxygens (including phenoxy) is 1. The molecule has 3 aromatic rings. The maximum atomic E-state index is 11.7. The van der Waals surface area contributed by atoms with Crippen molar-refractivity contribution in [3.05, 3.63) is 48.3 Å². The normalized spacial score (nSPS) is 17.1. The number of benzene rings is 2. The van der Waals surface area contributed by atoms with Crippen LogP contribution in [-0.2, 0) is 4.79 Å². The molecule has 5 rings (SSSR count). The lowest BCUT2D eigenvalue weighted by Gasteiger charge is -2.39. The number of fused-ring (bicyclic) bond motifs is 1. The molecule has 0 atom stereocenters. The lowest BCUT2D eigenvalue weighted by Crippen LogP contribution is -2.51. The molecular formula is C28H32N6O2. The van der Waals surface area contributed by atoms with Crippen LogP contribution in [0.25, 0.3) is 10.9 Å². The maximum Gasteiger partial charge on any atom is 0.220 e. The number of carbonyl (C=O) groups excluding carboxylic acids is 1. The van der Waals surface area contributed by atoms with Gasteiger partial charge in [0.15, 0.2) is 0 Å². The summed E-state index contributed by atoms with van der Waals surface area (Å²) in [5.41, 5.74) is 3.42. The quantitative estimate of drug-likeness (QED) is 0.330. The highest BCUT2D eigenvalue weighted by molar-refractivity contribution is 5.94. The van der Waals surface area contributed by atoms with Crippen LogP contribution in [0.3, 0.4) is 0 Å². The van der Waals surface area contributed by atoms with Gasteiger partial charge in [0.2, 0.25) is 5.91 Å². The van der Waals surface area contributed by atoms with Gasteiger partial charge in [-0.25, -0.2) is 9.97 Å². The molecule has 3 heterocycles. The Hall–Kier alpha value is -3.83. The summed E-state index contributed by atoms with van der Waals surface area (Å²) < 4.78 is 6.22. The van der Waals surface area contributed by atoms with Crippen LogP contribution in [0, 0.1) is 12.3 Å². The van der Waals surface area contributed by atoms with E-state index in [0.29, 0.717) is 18.8 Å². The van der Waals surface area contributed by atoms with E-state index in [1.54, 1.807) is 6.33 Å². The van der Waals surface area contributed by atoms with Crippen molar-refractivity contribution >= 4 is 34.0 Å². The molecule has 0 radical (unpaired) electrons. The van der Waals surface area contributed by atoms with Crippen molar-refractivity contribution in [3.8, 4) is 18.1 Å². The van der Waals surface area contributed by atoms with Crippen molar-refractivity contribution in [2.75, 3.05) is 43.9 Å². The van der Waals surface area contributed by atoms with E-state index >= 15 is 0 Å². The molecule has 2 saturated heterocycles. The molecule has 3 N–H and O–H groups in total. The first-order chi connectivity index (χ1) is 17.6. The third-order valence-electron chi connectivity index (χ3n) is 7.22. The number of nitrogens with one attached hydrogen (secondary N) is 3. The number of hydrogen-bond acceptors (Lipinski definition) is 7. The van der Waals surface area contributed by atoms with Crippen LogP contribution in [0.5, 0.6) is 5.75 Å². The van der Waals surface area contributed by atoms with Crippen molar-refractivity contribution in [3.63, 3.8) is 0 Å². The summed E-state index contributed by atoms with van der Waals surface area (Å²) in [5, 5.41) is 10.7. The smallest absolute Gasteiger partial charge is 0.220 e. The predicted octanol–water partition coefficient (Wildman–Crippen LogP) is 3.91. The van der Waals surface area contributed by atoms with Crippen LogP contribution >= 0.6 is 0 Å². The van der Waals surface area contributed by atoms with Gasteiger partial charge in [0.1, 0.15) is 17.9 Å². The highest BCUT2D eigenvalue weighted by Gasteiger charge is 2.39. The molecule has 2 aliphatic heterocycles. The predicted molar refractivity (Wildman–Crippen MR) is 143 cm³/mol. The van der Waals surface area contributed by atoms with Crippen molar-refractivity contribution < 1.29 is 9.53 Å². The van der Waals surface area contributed by atoms with E-state index in [0.717, 1.165) is 78.9 Å². The Labute approximate surface area is 211 Å². The average molecular weight is 485 g/mol. The van der Waals surface area contributed by atoms with Crippen LogP contribution in [0.4, 0.5) is 17.2 Å². The number of nitrogens with zero attached hydrogens (tertiary/aromatic N) is 3. The van der Waals surface area contributed by atoms with Crippen molar-refractivity contribution in [2.24, 2.45) is 0 Å². The molecule has 186 valence electrons. The first-order valence-electron chi connectivity index (χ1n) is 12.5. The summed E-state index contributed by atoms with van der Waals surface area (Å²) >= 11 is 0. The van der Waals surface area contributed by atoms with Gasteiger partial charge in [-0.05, 0) is 56.0 Å². The zero-order valence-electron chi connectivity index (χ0n) is 20.6. The highest BCUT2D eigenvalue weighted by Crippen LogP contribution is 2.34. The number of hydrogen-bond donors (Lipinski definition) is 3. The first-order valence-corrected chi connectivity index (χ1v) is 12.5. The highest BCUT2D eigenvalue weighted by atomic mass is 16.5. The molecule has 1 aromatic heterocycles. The SMILES string of the molecule is C#Cc1cccc(Nc2ncnc3cc(NC)c(OCCCN4CCC5(CCC(=O)N5)CC4)cc23)c1. The van der Waals surface area contributed by atoms with E-state index in [2.05, 4.69) is 36.7 Å². The van der Waals surface area contributed by atoms with Gasteiger partial charge in [0.05, 0.1) is 17.8 Å². The van der Waals surface area contributed by atoms with Gasteiger partial charge in [-0.1, -0.05) is 12.0 Å². The minimum Gasteiger partial charge on any atom is -0.491 e. The van der Waals surface area contributed by atoms with E-state index in [4.69, 9.17) is 11.2 Å². The molecule has 1 amide bonds. The molecule has 0 bridgehead atoms. The molecule has 0 unspecified atom stereocenters. The van der Waals surface area contributed by atoms with Crippen molar-refractivity contribution in [1.82, 2.24) is 20.2 Å². The summed E-state index contributed by atoms with van der Waals surface area (Å²) in [4.78, 5) is 23.0. The van der Waals surface area contributed by atoms with Crippen LogP contribution in [0.15, 0.2) is 42.7 Å². The molecule has 2 aliphatic rings. The van der Waals surface area contributed by atoms with Gasteiger partial charge in [0, 0.05) is 55.3 Å². The lowest BCUT2D eigenvalue weighted by molar-refractivity contribution is -0.120. The second-order valence-corrected chi connectivity index (χ2v) is 9.56. The second kappa shape index (κ2) is 10.4. The number of piperidine rings is 1. The Morgan fingerprint density at radius 3 is 2.81 bits per heavy atom. The summed E-state index contributed by atoms with van der Waals surface area (Å²) in [6.07, 6.45) is 11.7. The molecule has 2 fully saturated rings. The third kappa shape index (κ3) is 5.21. The number of carbonyl (C=O) groups is 1. The fraction of sp³-hybridized carbons (Fsp3) is 0.393. The molecule has 0 saturated carbocycles. The van der Waals surface area contributed by atoms with E-state index in [-0.39, 0.29) is 11.4 Å². The van der Waals surface area contributed by atoms with E-state index in [1.807, 2.05) is 43.4 Å². The number of anilines is 3. The van der Waals surface area contributed by atoms with Gasteiger partial charge < -0.3 is 25.6 Å². The fourth-order valence-electron chi connectivity index (χ4n) is 5.14. The summed E-state index contributed by atoms with van der Waals surface area (Å²) in [5.74, 6) is 4.33. The van der Waals surface area contributed by atoms with Crippen LogP contribution in [0.2, 0.25) is 0 Å². The Balaban J connectivity index is 1.22. The van der Waals surface area contributed by atoms with Crippen LogP contribution < -0.4 is 20.7 Å². The maximum absolute atomic E-state index is 11.7. The average Bonchev–Trinajstić information content (AvgIpc) is 3.27. The molecular weight excluding hydrogens is 452 g/mol. The summed E-state index contributed by atoms with van der Waals surface area (Å²) in [7, 11) is 1.88. The van der Waals surface area contributed by atoms with Crippen LogP contribution in [0.1, 0.15) is 37.7 Å². The first kappa shape index (κ1) is 23.9. The molecule has 8 heteroatoms. The zero-order chi connectivity index (χ0) is 25.0. The number of aromatic nitrogens is 2. The standard InChI is InChI=1S/C28H32N6O2/c1-3-20-6-4-7-21(16-20)32-27-22-17-25(24(29-2)18-23(22)30-19-31-27)36-15-5-12-34-13-10-28(11-14-34)9-8-26(35)33-28/h1,4,6-7,16-19,29H,5,8-15H2,2H3,(H,33,35)(H,30,31,32). The van der Waals surface area contributed by atoms with Gasteiger partial charge in [0.25, 0.3) is 0 Å². The van der Waals surface area contributed by atoms with Gasteiger partial charge in [-0.3, -0.25) is 4.79 Å². The Kier molecular flexibility index (Phi) is 6.92. The monoisotopic (exact) mass is 484 g/mol. The molecule has 1 spiro atoms. The lowest BCUT2D eigenvalue weighted by atomic mass is 9.86. The van der Waals surface area contributed by atoms with E-state index < -0.39 is 0 Å². The number of amides is 1. The minimum atomic E-state index is 0.0484.